The molecule has 0 spiro atoms. The van der Waals surface area contributed by atoms with Crippen LogP contribution in [-0.4, -0.2) is 28.5 Å². The summed E-state index contributed by atoms with van der Waals surface area (Å²) in [5.41, 5.74) is 1.65. The van der Waals surface area contributed by atoms with E-state index >= 15 is 0 Å². The van der Waals surface area contributed by atoms with Crippen LogP contribution in [0.15, 0.2) is 52.1 Å². The quantitative estimate of drug-likeness (QED) is 0.688. The van der Waals surface area contributed by atoms with Crippen LogP contribution in [0.5, 0.6) is 0 Å². The molecule has 1 amide bonds. The fourth-order valence-corrected chi connectivity index (χ4v) is 3.23. The van der Waals surface area contributed by atoms with Crippen molar-refractivity contribution in [3.63, 3.8) is 0 Å². The molecule has 0 aliphatic heterocycles. The zero-order chi connectivity index (χ0) is 20.3. The number of carbonyl (C=O) groups excluding carboxylic acids is 1. The number of amides is 1. The number of H-pyrrole nitrogens is 1. The number of hydrogen-bond donors (Lipinski definition) is 2. The van der Waals surface area contributed by atoms with Gasteiger partial charge in [-0.15, -0.1) is 0 Å². The first-order chi connectivity index (χ1) is 13.5. The van der Waals surface area contributed by atoms with Crippen LogP contribution in [-0.2, 0) is 6.54 Å². The Kier molecular flexibility index (Phi) is 5.63. The molecule has 1 aromatic heterocycles. The Balaban J connectivity index is 1.85. The number of aromatic amines is 1. The van der Waals surface area contributed by atoms with E-state index < -0.39 is 5.69 Å². The minimum absolute atomic E-state index is 0.288. The summed E-state index contributed by atoms with van der Waals surface area (Å²) in [5.74, 6) is -0.307. The van der Waals surface area contributed by atoms with E-state index in [-0.39, 0.29) is 18.0 Å². The molecule has 3 aromatic rings. The SMILES string of the molecule is CCN(CC)c1ccc(NC(=O)c2ccc3c(=O)n(CC)c(=O)[nH]c3c2)cc1. The van der Waals surface area contributed by atoms with Gasteiger partial charge in [0, 0.05) is 36.6 Å². The molecule has 0 fully saturated rings. The number of aromatic nitrogens is 2. The zero-order valence-corrected chi connectivity index (χ0v) is 16.3. The van der Waals surface area contributed by atoms with Gasteiger partial charge in [0.05, 0.1) is 10.9 Å². The molecule has 0 aliphatic carbocycles. The summed E-state index contributed by atoms with van der Waals surface area (Å²) in [5, 5.41) is 3.22. The molecule has 0 atom stereocenters. The third-order valence-electron chi connectivity index (χ3n) is 4.81. The lowest BCUT2D eigenvalue weighted by Crippen LogP contribution is -2.34. The van der Waals surface area contributed by atoms with Crippen LogP contribution in [0, 0.1) is 0 Å². The zero-order valence-electron chi connectivity index (χ0n) is 16.3. The van der Waals surface area contributed by atoms with Crippen molar-refractivity contribution in [1.29, 1.82) is 0 Å². The normalized spacial score (nSPS) is 10.8. The van der Waals surface area contributed by atoms with E-state index in [0.29, 0.717) is 22.2 Å². The number of fused-ring (bicyclic) bond motifs is 1. The summed E-state index contributed by atoms with van der Waals surface area (Å²) >= 11 is 0. The van der Waals surface area contributed by atoms with E-state index in [2.05, 4.69) is 29.0 Å². The summed E-state index contributed by atoms with van der Waals surface area (Å²) < 4.78 is 1.12. The smallest absolute Gasteiger partial charge is 0.328 e. The van der Waals surface area contributed by atoms with Gasteiger partial charge in [0.15, 0.2) is 0 Å². The van der Waals surface area contributed by atoms with Crippen molar-refractivity contribution in [3.05, 3.63) is 68.9 Å². The molecule has 0 saturated carbocycles. The largest absolute Gasteiger partial charge is 0.372 e. The Hall–Kier alpha value is -3.35. The second-order valence-electron chi connectivity index (χ2n) is 6.41. The van der Waals surface area contributed by atoms with Gasteiger partial charge >= 0.3 is 5.69 Å². The maximum absolute atomic E-state index is 12.6. The molecule has 2 aromatic carbocycles. The fourth-order valence-electron chi connectivity index (χ4n) is 3.23. The lowest BCUT2D eigenvalue weighted by atomic mass is 10.1. The van der Waals surface area contributed by atoms with E-state index in [4.69, 9.17) is 0 Å². The molecule has 0 unspecified atom stereocenters. The molecular weight excluding hydrogens is 356 g/mol. The minimum Gasteiger partial charge on any atom is -0.372 e. The number of benzene rings is 2. The van der Waals surface area contributed by atoms with Gasteiger partial charge in [0.1, 0.15) is 0 Å². The third-order valence-corrected chi connectivity index (χ3v) is 4.81. The van der Waals surface area contributed by atoms with E-state index in [0.717, 1.165) is 23.3 Å². The molecule has 7 heteroatoms. The van der Waals surface area contributed by atoms with Gasteiger partial charge in [-0.3, -0.25) is 14.2 Å². The van der Waals surface area contributed by atoms with Crippen LogP contribution in [0.3, 0.4) is 0 Å². The van der Waals surface area contributed by atoms with Gasteiger partial charge in [-0.25, -0.2) is 4.79 Å². The molecule has 0 bridgehead atoms. The van der Waals surface area contributed by atoms with Crippen molar-refractivity contribution in [2.24, 2.45) is 0 Å². The Morgan fingerprint density at radius 1 is 1.04 bits per heavy atom. The van der Waals surface area contributed by atoms with E-state index in [1.807, 2.05) is 24.3 Å². The predicted molar refractivity (Wildman–Crippen MR) is 112 cm³/mol. The lowest BCUT2D eigenvalue weighted by molar-refractivity contribution is 0.102. The van der Waals surface area contributed by atoms with Crippen LogP contribution in [0.4, 0.5) is 11.4 Å². The molecule has 0 aliphatic rings. The number of rotatable bonds is 6. The van der Waals surface area contributed by atoms with Crippen molar-refractivity contribution >= 4 is 28.2 Å². The minimum atomic E-state index is -0.482. The highest BCUT2D eigenvalue weighted by Crippen LogP contribution is 2.19. The first-order valence-electron chi connectivity index (χ1n) is 9.41. The van der Waals surface area contributed by atoms with Crippen LogP contribution in [0.2, 0.25) is 0 Å². The summed E-state index contributed by atoms with van der Waals surface area (Å²) in [7, 11) is 0. The van der Waals surface area contributed by atoms with Crippen molar-refractivity contribution in [3.8, 4) is 0 Å². The Morgan fingerprint density at radius 3 is 2.32 bits per heavy atom. The van der Waals surface area contributed by atoms with Gasteiger partial charge in [-0.2, -0.15) is 0 Å². The van der Waals surface area contributed by atoms with Crippen LogP contribution in [0.1, 0.15) is 31.1 Å². The predicted octanol–water partition coefficient (Wildman–Crippen LogP) is 2.81. The number of nitrogens with zero attached hydrogens (tertiary/aromatic N) is 2. The molecule has 7 nitrogen and oxygen atoms in total. The fraction of sp³-hybridized carbons (Fsp3) is 0.286. The highest BCUT2D eigenvalue weighted by atomic mass is 16.2. The van der Waals surface area contributed by atoms with E-state index in [1.54, 1.807) is 19.1 Å². The standard InChI is InChI=1S/C21H24N4O3/c1-4-24(5-2)16-10-8-15(9-11-16)22-19(26)14-7-12-17-18(13-14)23-21(28)25(6-3)20(17)27/h7-13H,4-6H2,1-3H3,(H,22,26)(H,23,28). The average Bonchev–Trinajstić information content (AvgIpc) is 2.70. The average molecular weight is 380 g/mol. The van der Waals surface area contributed by atoms with Crippen molar-refractivity contribution < 1.29 is 4.79 Å². The topological polar surface area (TPSA) is 87.2 Å². The van der Waals surface area contributed by atoms with Gasteiger partial charge in [0.25, 0.3) is 11.5 Å². The van der Waals surface area contributed by atoms with Crippen LogP contribution >= 0.6 is 0 Å². The van der Waals surface area contributed by atoms with Crippen molar-refractivity contribution in [2.75, 3.05) is 23.3 Å². The van der Waals surface area contributed by atoms with Gasteiger partial charge < -0.3 is 15.2 Å². The molecule has 2 N–H and O–H groups in total. The first kappa shape index (κ1) is 19.4. The molecular formula is C21H24N4O3. The number of nitrogens with one attached hydrogen (secondary N) is 2. The highest BCUT2D eigenvalue weighted by Gasteiger charge is 2.11. The van der Waals surface area contributed by atoms with Gasteiger partial charge in [-0.05, 0) is 63.2 Å². The molecule has 146 valence electrons. The maximum atomic E-state index is 12.6. The molecule has 0 saturated heterocycles. The van der Waals surface area contributed by atoms with Gasteiger partial charge in [0.2, 0.25) is 0 Å². The number of anilines is 2. The first-order valence-corrected chi connectivity index (χ1v) is 9.41. The maximum Gasteiger partial charge on any atom is 0.328 e. The Morgan fingerprint density at radius 2 is 1.71 bits per heavy atom. The number of carbonyl (C=O) groups is 1. The Labute approximate surface area is 162 Å². The third kappa shape index (κ3) is 3.69. The van der Waals surface area contributed by atoms with Crippen LogP contribution < -0.4 is 21.5 Å². The van der Waals surface area contributed by atoms with E-state index in [9.17, 15) is 14.4 Å². The monoisotopic (exact) mass is 380 g/mol. The summed E-state index contributed by atoms with van der Waals surface area (Å²) in [6.07, 6.45) is 0. The summed E-state index contributed by atoms with van der Waals surface area (Å²) in [6.45, 7) is 8.04. The van der Waals surface area contributed by atoms with Crippen molar-refractivity contribution in [1.82, 2.24) is 9.55 Å². The number of hydrogen-bond acceptors (Lipinski definition) is 4. The molecule has 28 heavy (non-hydrogen) atoms. The lowest BCUT2D eigenvalue weighted by Gasteiger charge is -2.21. The summed E-state index contributed by atoms with van der Waals surface area (Å²) in [4.78, 5) is 41.8. The van der Waals surface area contributed by atoms with Gasteiger partial charge in [-0.1, -0.05) is 0 Å². The van der Waals surface area contributed by atoms with Crippen molar-refractivity contribution in [2.45, 2.75) is 27.3 Å². The summed E-state index contributed by atoms with van der Waals surface area (Å²) in [6, 6.07) is 12.3. The second kappa shape index (κ2) is 8.12. The second-order valence-corrected chi connectivity index (χ2v) is 6.41. The molecule has 0 radical (unpaired) electrons. The van der Waals surface area contributed by atoms with Crippen LogP contribution in [0.25, 0.3) is 10.9 Å². The molecule has 3 rings (SSSR count). The highest BCUT2D eigenvalue weighted by molar-refractivity contribution is 6.06. The Bertz CT molecular complexity index is 1110. The van der Waals surface area contributed by atoms with E-state index in [1.165, 1.54) is 6.07 Å². The molecule has 1 heterocycles.